The van der Waals surface area contributed by atoms with Crippen LogP contribution in [0.2, 0.25) is 0 Å². The number of rotatable bonds is 5. The van der Waals surface area contributed by atoms with E-state index in [0.29, 0.717) is 18.0 Å². The van der Waals surface area contributed by atoms with E-state index in [1.807, 2.05) is 24.3 Å². The Labute approximate surface area is 155 Å². The number of carbonyl (C=O) groups excluding carboxylic acids is 1. The minimum Gasteiger partial charge on any atom is -0.495 e. The molecule has 2 N–H and O–H groups in total. The van der Waals surface area contributed by atoms with Gasteiger partial charge >= 0.3 is 6.03 Å². The van der Waals surface area contributed by atoms with Crippen molar-refractivity contribution in [2.75, 3.05) is 30.4 Å². The van der Waals surface area contributed by atoms with Crippen LogP contribution in [0.25, 0.3) is 0 Å². The lowest BCUT2D eigenvalue weighted by atomic mass is 9.99. The maximum atomic E-state index is 12.1. The number of nitrogens with one attached hydrogen (secondary N) is 2. The van der Waals surface area contributed by atoms with E-state index in [1.54, 1.807) is 7.11 Å². The summed E-state index contributed by atoms with van der Waals surface area (Å²) >= 11 is 0. The van der Waals surface area contributed by atoms with Crippen LogP contribution in [-0.4, -0.2) is 26.2 Å². The summed E-state index contributed by atoms with van der Waals surface area (Å²) in [5, 5.41) is 5.70. The van der Waals surface area contributed by atoms with Crippen molar-refractivity contribution >= 4 is 17.4 Å². The number of methoxy groups -OCH3 is 1. The third kappa shape index (κ3) is 4.69. The molecule has 1 saturated heterocycles. The minimum absolute atomic E-state index is 0.247. The number of urea groups is 1. The van der Waals surface area contributed by atoms with Gasteiger partial charge in [-0.2, -0.15) is 0 Å². The van der Waals surface area contributed by atoms with E-state index in [9.17, 15) is 4.79 Å². The Morgan fingerprint density at radius 3 is 2.69 bits per heavy atom. The van der Waals surface area contributed by atoms with Crippen LogP contribution in [0.1, 0.15) is 25.3 Å². The maximum absolute atomic E-state index is 12.1. The van der Waals surface area contributed by atoms with Crippen molar-refractivity contribution in [2.45, 2.75) is 26.3 Å². The second-order valence-corrected chi connectivity index (χ2v) is 6.87. The number of anilines is 2. The smallest absolute Gasteiger partial charge is 0.319 e. The van der Waals surface area contributed by atoms with Gasteiger partial charge in [0.2, 0.25) is 0 Å². The molecule has 3 rings (SSSR count). The Hall–Kier alpha value is -2.69. The molecule has 2 aromatic rings. The summed E-state index contributed by atoms with van der Waals surface area (Å²) in [5.41, 5.74) is 3.00. The molecule has 1 heterocycles. The van der Waals surface area contributed by atoms with Crippen molar-refractivity contribution < 1.29 is 9.53 Å². The Morgan fingerprint density at radius 1 is 1.19 bits per heavy atom. The van der Waals surface area contributed by atoms with Crippen LogP contribution >= 0.6 is 0 Å². The van der Waals surface area contributed by atoms with Crippen LogP contribution in [0.5, 0.6) is 5.75 Å². The number of amides is 2. The second kappa shape index (κ2) is 8.61. The number of hydrogen-bond acceptors (Lipinski definition) is 3. The first-order chi connectivity index (χ1) is 12.7. The molecular weight excluding hydrogens is 326 g/mol. The summed E-state index contributed by atoms with van der Waals surface area (Å²) in [5.74, 6) is 1.39. The first-order valence-electron chi connectivity index (χ1n) is 9.17. The standard InChI is InChI=1S/C21H27N3O2/c1-16-6-5-13-24(15-16)18-11-9-17(10-12-18)14-22-21(25)23-19-7-3-4-8-20(19)26-2/h3-4,7-12,16H,5-6,13-15H2,1-2H3,(H2,22,23,25). The van der Waals surface area contributed by atoms with Gasteiger partial charge in [-0.1, -0.05) is 31.2 Å². The van der Waals surface area contributed by atoms with Crippen molar-refractivity contribution in [3.63, 3.8) is 0 Å². The quantitative estimate of drug-likeness (QED) is 0.845. The first kappa shape index (κ1) is 18.1. The number of hydrogen-bond donors (Lipinski definition) is 2. The molecule has 0 aromatic heterocycles. The lowest BCUT2D eigenvalue weighted by Gasteiger charge is -2.32. The topological polar surface area (TPSA) is 53.6 Å². The van der Waals surface area contributed by atoms with Gasteiger partial charge in [0.25, 0.3) is 0 Å². The molecule has 26 heavy (non-hydrogen) atoms. The van der Waals surface area contributed by atoms with Crippen LogP contribution in [0.15, 0.2) is 48.5 Å². The monoisotopic (exact) mass is 353 g/mol. The highest BCUT2D eigenvalue weighted by Gasteiger charge is 2.16. The Bertz CT molecular complexity index is 730. The molecule has 2 amide bonds. The summed E-state index contributed by atoms with van der Waals surface area (Å²) in [6.07, 6.45) is 2.58. The van der Waals surface area contributed by atoms with E-state index >= 15 is 0 Å². The molecule has 138 valence electrons. The summed E-state index contributed by atoms with van der Waals surface area (Å²) < 4.78 is 5.24. The fourth-order valence-electron chi connectivity index (χ4n) is 3.35. The van der Waals surface area contributed by atoms with Gasteiger partial charge in [-0.25, -0.2) is 4.79 Å². The Morgan fingerprint density at radius 2 is 1.96 bits per heavy atom. The van der Waals surface area contributed by atoms with Crippen LogP contribution in [0.3, 0.4) is 0 Å². The highest BCUT2D eigenvalue weighted by molar-refractivity contribution is 5.90. The fourth-order valence-corrected chi connectivity index (χ4v) is 3.35. The van der Waals surface area contributed by atoms with E-state index in [2.05, 4.69) is 46.7 Å². The third-order valence-electron chi connectivity index (χ3n) is 4.77. The number of piperidine rings is 1. The second-order valence-electron chi connectivity index (χ2n) is 6.87. The molecule has 1 aliphatic rings. The molecule has 1 fully saturated rings. The Kier molecular flexibility index (Phi) is 6.00. The van der Waals surface area contributed by atoms with Gasteiger partial charge in [0.1, 0.15) is 5.75 Å². The third-order valence-corrected chi connectivity index (χ3v) is 4.77. The Balaban J connectivity index is 1.52. The average molecular weight is 353 g/mol. The summed E-state index contributed by atoms with van der Waals surface area (Å²) in [7, 11) is 1.59. The van der Waals surface area contributed by atoms with Crippen LogP contribution in [0.4, 0.5) is 16.2 Å². The van der Waals surface area contributed by atoms with E-state index in [1.165, 1.54) is 18.5 Å². The molecular formula is C21H27N3O2. The zero-order valence-corrected chi connectivity index (χ0v) is 15.5. The SMILES string of the molecule is COc1ccccc1NC(=O)NCc1ccc(N2CCCC(C)C2)cc1. The molecule has 5 heteroatoms. The molecule has 1 atom stereocenters. The summed E-state index contributed by atoms with van der Waals surface area (Å²) in [6.45, 7) is 5.05. The molecule has 0 radical (unpaired) electrons. The molecule has 0 spiro atoms. The van der Waals surface area contributed by atoms with E-state index in [0.717, 1.165) is 24.6 Å². The normalized spacial score (nSPS) is 16.8. The molecule has 2 aromatic carbocycles. The molecule has 0 bridgehead atoms. The van der Waals surface area contributed by atoms with Crippen LogP contribution < -0.4 is 20.3 Å². The fraction of sp³-hybridized carbons (Fsp3) is 0.381. The zero-order chi connectivity index (χ0) is 18.4. The van der Waals surface area contributed by atoms with Gasteiger partial charge < -0.3 is 20.3 Å². The maximum Gasteiger partial charge on any atom is 0.319 e. The highest BCUT2D eigenvalue weighted by atomic mass is 16.5. The predicted octanol–water partition coefficient (Wildman–Crippen LogP) is 4.25. The van der Waals surface area contributed by atoms with Crippen molar-refractivity contribution in [1.29, 1.82) is 0 Å². The molecule has 5 nitrogen and oxygen atoms in total. The lowest BCUT2D eigenvalue weighted by Crippen LogP contribution is -2.34. The summed E-state index contributed by atoms with van der Waals surface area (Å²) in [6, 6.07) is 15.6. The van der Waals surface area contributed by atoms with Crippen molar-refractivity contribution in [3.05, 3.63) is 54.1 Å². The number of para-hydroxylation sites is 2. The van der Waals surface area contributed by atoms with E-state index in [4.69, 9.17) is 4.74 Å². The average Bonchev–Trinajstić information content (AvgIpc) is 2.67. The van der Waals surface area contributed by atoms with E-state index < -0.39 is 0 Å². The molecule has 0 saturated carbocycles. The van der Waals surface area contributed by atoms with Gasteiger partial charge in [0.15, 0.2) is 0 Å². The van der Waals surface area contributed by atoms with Gasteiger partial charge in [-0.3, -0.25) is 0 Å². The predicted molar refractivity (Wildman–Crippen MR) is 106 cm³/mol. The largest absolute Gasteiger partial charge is 0.495 e. The van der Waals surface area contributed by atoms with Crippen molar-refractivity contribution in [2.24, 2.45) is 5.92 Å². The molecule has 1 aliphatic heterocycles. The van der Waals surface area contributed by atoms with Crippen LogP contribution in [0, 0.1) is 5.92 Å². The van der Waals surface area contributed by atoms with Gasteiger partial charge in [0.05, 0.1) is 12.8 Å². The van der Waals surface area contributed by atoms with Gasteiger partial charge in [-0.05, 0) is 48.6 Å². The van der Waals surface area contributed by atoms with Gasteiger partial charge in [0, 0.05) is 25.3 Å². The number of ether oxygens (including phenoxy) is 1. The van der Waals surface area contributed by atoms with Crippen LogP contribution in [-0.2, 0) is 6.54 Å². The highest BCUT2D eigenvalue weighted by Crippen LogP contribution is 2.24. The van der Waals surface area contributed by atoms with Crippen molar-refractivity contribution in [3.8, 4) is 5.75 Å². The lowest BCUT2D eigenvalue weighted by molar-refractivity contribution is 0.251. The molecule has 0 aliphatic carbocycles. The number of carbonyl (C=O) groups is 1. The zero-order valence-electron chi connectivity index (χ0n) is 15.5. The first-order valence-corrected chi connectivity index (χ1v) is 9.17. The number of nitrogens with zero attached hydrogens (tertiary/aromatic N) is 1. The van der Waals surface area contributed by atoms with Gasteiger partial charge in [-0.15, -0.1) is 0 Å². The minimum atomic E-state index is -0.247. The molecule has 1 unspecified atom stereocenters. The van der Waals surface area contributed by atoms with E-state index in [-0.39, 0.29) is 6.03 Å². The number of benzene rings is 2. The van der Waals surface area contributed by atoms with Crippen molar-refractivity contribution in [1.82, 2.24) is 5.32 Å². The summed E-state index contributed by atoms with van der Waals surface area (Å²) in [4.78, 5) is 14.6.